The molecule has 0 atom stereocenters. The van der Waals surface area contributed by atoms with E-state index in [9.17, 15) is 10.1 Å². The number of rotatable bonds is 6. The van der Waals surface area contributed by atoms with Crippen LogP contribution in [0.5, 0.6) is 0 Å². The van der Waals surface area contributed by atoms with Crippen molar-refractivity contribution < 1.29 is 4.92 Å². The van der Waals surface area contributed by atoms with Crippen LogP contribution in [0, 0.1) is 27.9 Å². The van der Waals surface area contributed by atoms with Gasteiger partial charge in [-0.3, -0.25) is 10.1 Å². The average molecular weight is 379 g/mol. The molecule has 7 heteroatoms. The largest absolute Gasteiger partial charge is 0.360 e. The molecule has 0 amide bonds. The maximum absolute atomic E-state index is 11.9. The third kappa shape index (κ3) is 3.19. The molecule has 0 saturated heterocycles. The topological polar surface area (TPSA) is 93.0 Å². The minimum absolute atomic E-state index is 0.0371. The Labute approximate surface area is 164 Å². The highest BCUT2D eigenvalue weighted by molar-refractivity contribution is 5.70. The Kier molecular flexibility index (Phi) is 4.18. The van der Waals surface area contributed by atoms with Gasteiger partial charge in [-0.05, 0) is 61.8 Å². The van der Waals surface area contributed by atoms with Crippen molar-refractivity contribution in [2.75, 3.05) is 10.6 Å². The van der Waals surface area contributed by atoms with Crippen LogP contribution in [0.1, 0.15) is 44.1 Å². The molecule has 6 rings (SSSR count). The SMILES string of the molecule is O=[N+]([O-])c1c(NCc2ccccc2)ncnc1NC12CC3CC(CC(C3)C1)C2. The van der Waals surface area contributed by atoms with Crippen LogP contribution in [-0.4, -0.2) is 20.4 Å². The second-order valence-corrected chi connectivity index (χ2v) is 8.84. The first-order chi connectivity index (χ1) is 13.6. The molecule has 2 N–H and O–H groups in total. The van der Waals surface area contributed by atoms with Gasteiger partial charge in [-0.2, -0.15) is 0 Å². The molecule has 4 saturated carbocycles. The Morgan fingerprint density at radius 2 is 1.61 bits per heavy atom. The Bertz CT molecular complexity index is 850. The van der Waals surface area contributed by atoms with E-state index in [4.69, 9.17) is 0 Å². The van der Waals surface area contributed by atoms with Crippen LogP contribution in [-0.2, 0) is 6.54 Å². The predicted molar refractivity (Wildman–Crippen MR) is 107 cm³/mol. The van der Waals surface area contributed by atoms with E-state index in [-0.39, 0.29) is 22.0 Å². The minimum Gasteiger partial charge on any atom is -0.360 e. The number of nitro groups is 1. The summed E-state index contributed by atoms with van der Waals surface area (Å²) in [6, 6.07) is 9.81. The highest BCUT2D eigenvalue weighted by atomic mass is 16.6. The summed E-state index contributed by atoms with van der Waals surface area (Å²) >= 11 is 0. The number of anilines is 2. The molecule has 4 aliphatic rings. The molecule has 0 unspecified atom stereocenters. The molecule has 28 heavy (non-hydrogen) atoms. The van der Waals surface area contributed by atoms with E-state index < -0.39 is 0 Å². The summed E-state index contributed by atoms with van der Waals surface area (Å²) in [5.41, 5.74) is 0.963. The van der Waals surface area contributed by atoms with Gasteiger partial charge in [0.2, 0.25) is 11.6 Å². The summed E-state index contributed by atoms with van der Waals surface area (Å²) in [7, 11) is 0. The molecule has 2 aromatic rings. The fraction of sp³-hybridized carbons (Fsp3) is 0.524. The van der Waals surface area contributed by atoms with E-state index in [0.717, 1.165) is 42.6 Å². The fourth-order valence-corrected chi connectivity index (χ4v) is 6.07. The summed E-state index contributed by atoms with van der Waals surface area (Å²) in [4.78, 5) is 20.0. The van der Waals surface area contributed by atoms with Crippen LogP contribution >= 0.6 is 0 Å². The van der Waals surface area contributed by atoms with Crippen molar-refractivity contribution in [2.45, 2.75) is 50.6 Å². The summed E-state index contributed by atoms with van der Waals surface area (Å²) in [6.45, 7) is 0.482. The van der Waals surface area contributed by atoms with Gasteiger partial charge < -0.3 is 10.6 Å². The average Bonchev–Trinajstić information content (AvgIpc) is 2.65. The molecular weight excluding hydrogens is 354 g/mol. The molecule has 1 aromatic heterocycles. The Hall–Kier alpha value is -2.70. The predicted octanol–water partition coefficient (Wildman–Crippen LogP) is 4.38. The summed E-state index contributed by atoms with van der Waals surface area (Å²) in [5.74, 6) is 2.91. The maximum atomic E-state index is 11.9. The zero-order valence-electron chi connectivity index (χ0n) is 15.8. The van der Waals surface area contributed by atoms with Crippen molar-refractivity contribution in [2.24, 2.45) is 17.8 Å². The van der Waals surface area contributed by atoms with Crippen LogP contribution in [0.3, 0.4) is 0 Å². The standard InChI is InChI=1S/C21H25N5O2/c27-26(28)18-19(22-12-14-4-2-1-3-5-14)23-13-24-20(18)25-21-9-15-6-16(10-21)8-17(7-15)11-21/h1-5,13,15-17H,6-12H2,(H2,22,23,24,25). The van der Waals surface area contributed by atoms with Gasteiger partial charge in [-0.25, -0.2) is 9.97 Å². The van der Waals surface area contributed by atoms with Crippen molar-refractivity contribution in [3.05, 3.63) is 52.3 Å². The number of hydrogen-bond donors (Lipinski definition) is 2. The van der Waals surface area contributed by atoms with Gasteiger partial charge in [0.1, 0.15) is 6.33 Å². The third-order valence-electron chi connectivity index (χ3n) is 6.73. The van der Waals surface area contributed by atoms with Gasteiger partial charge in [0.15, 0.2) is 0 Å². The normalized spacial score (nSPS) is 30.2. The lowest BCUT2D eigenvalue weighted by Gasteiger charge is -2.57. The summed E-state index contributed by atoms with van der Waals surface area (Å²) in [6.07, 6.45) is 8.72. The molecule has 0 spiro atoms. The molecule has 4 aliphatic carbocycles. The number of nitrogens with one attached hydrogen (secondary N) is 2. The van der Waals surface area contributed by atoms with Crippen molar-refractivity contribution in [3.8, 4) is 0 Å². The molecule has 4 fully saturated rings. The highest BCUT2D eigenvalue weighted by Crippen LogP contribution is 2.56. The van der Waals surface area contributed by atoms with Crippen molar-refractivity contribution in [1.29, 1.82) is 0 Å². The van der Waals surface area contributed by atoms with Gasteiger partial charge >= 0.3 is 5.69 Å². The van der Waals surface area contributed by atoms with E-state index in [1.807, 2.05) is 30.3 Å². The van der Waals surface area contributed by atoms with Crippen molar-refractivity contribution >= 4 is 17.3 Å². The maximum Gasteiger partial charge on any atom is 0.353 e. The Morgan fingerprint density at radius 3 is 2.21 bits per heavy atom. The van der Waals surface area contributed by atoms with E-state index in [0.29, 0.717) is 12.4 Å². The van der Waals surface area contributed by atoms with Crippen LogP contribution in [0.4, 0.5) is 17.3 Å². The number of nitrogens with zero attached hydrogens (tertiary/aromatic N) is 3. The number of aromatic nitrogens is 2. The second kappa shape index (κ2) is 6.72. The van der Waals surface area contributed by atoms with Gasteiger partial charge in [0.05, 0.1) is 4.92 Å². The summed E-state index contributed by atoms with van der Waals surface area (Å²) in [5, 5.41) is 18.6. The van der Waals surface area contributed by atoms with E-state index >= 15 is 0 Å². The molecule has 7 nitrogen and oxygen atoms in total. The number of hydrogen-bond acceptors (Lipinski definition) is 6. The third-order valence-corrected chi connectivity index (χ3v) is 6.73. The zero-order valence-corrected chi connectivity index (χ0v) is 15.8. The van der Waals surface area contributed by atoms with E-state index in [1.165, 1.54) is 25.6 Å². The molecule has 146 valence electrons. The van der Waals surface area contributed by atoms with Crippen LogP contribution in [0.15, 0.2) is 36.7 Å². The van der Waals surface area contributed by atoms with Gasteiger partial charge in [0.25, 0.3) is 0 Å². The van der Waals surface area contributed by atoms with Crippen LogP contribution in [0.25, 0.3) is 0 Å². The molecule has 1 heterocycles. The summed E-state index contributed by atoms with van der Waals surface area (Å²) < 4.78 is 0. The molecule has 0 radical (unpaired) electrons. The quantitative estimate of drug-likeness (QED) is 0.572. The number of benzene rings is 1. The van der Waals surface area contributed by atoms with E-state index in [2.05, 4.69) is 20.6 Å². The Morgan fingerprint density at radius 1 is 1.00 bits per heavy atom. The lowest BCUT2D eigenvalue weighted by atomic mass is 9.53. The Balaban J connectivity index is 1.41. The minimum atomic E-state index is -0.365. The van der Waals surface area contributed by atoms with Gasteiger partial charge in [-0.1, -0.05) is 30.3 Å². The molecular formula is C21H25N5O2. The monoisotopic (exact) mass is 379 g/mol. The molecule has 0 aliphatic heterocycles. The van der Waals surface area contributed by atoms with Crippen LogP contribution < -0.4 is 10.6 Å². The molecule has 4 bridgehead atoms. The van der Waals surface area contributed by atoms with Crippen molar-refractivity contribution in [3.63, 3.8) is 0 Å². The van der Waals surface area contributed by atoms with Gasteiger partial charge in [0, 0.05) is 12.1 Å². The first-order valence-electron chi connectivity index (χ1n) is 10.2. The first kappa shape index (κ1) is 17.4. The molecule has 1 aromatic carbocycles. The fourth-order valence-electron chi connectivity index (χ4n) is 6.07. The first-order valence-corrected chi connectivity index (χ1v) is 10.2. The smallest absolute Gasteiger partial charge is 0.353 e. The lowest BCUT2D eigenvalue weighted by Crippen LogP contribution is -2.55. The zero-order chi connectivity index (χ0) is 19.1. The van der Waals surface area contributed by atoms with Crippen molar-refractivity contribution in [1.82, 2.24) is 9.97 Å². The lowest BCUT2D eigenvalue weighted by molar-refractivity contribution is -0.383. The van der Waals surface area contributed by atoms with E-state index in [1.54, 1.807) is 0 Å². The van der Waals surface area contributed by atoms with Crippen LogP contribution in [0.2, 0.25) is 0 Å². The second-order valence-electron chi connectivity index (χ2n) is 8.84. The highest BCUT2D eigenvalue weighted by Gasteiger charge is 2.51. The van der Waals surface area contributed by atoms with Gasteiger partial charge in [-0.15, -0.1) is 0 Å².